The molecule has 64 valence electrons. The molecule has 1 N–H and O–H groups in total. The molecule has 0 saturated heterocycles. The Morgan fingerprint density at radius 2 is 1.92 bits per heavy atom. The molecule has 0 aliphatic heterocycles. The van der Waals surface area contributed by atoms with Gasteiger partial charge in [0.05, 0.1) is 0 Å². The molecule has 0 heterocycles. The van der Waals surface area contributed by atoms with Gasteiger partial charge in [0, 0.05) is 12.1 Å². The van der Waals surface area contributed by atoms with Gasteiger partial charge in [-0.3, -0.25) is 4.79 Å². The molecule has 13 heavy (non-hydrogen) atoms. The average molecular weight is 202 g/mol. The topological polar surface area (TPSA) is 29.1 Å². The van der Waals surface area contributed by atoms with Crippen LogP contribution in [0.1, 0.15) is 19.8 Å². The van der Waals surface area contributed by atoms with Gasteiger partial charge in [-0.05, 0) is 18.6 Å². The molecule has 0 aliphatic carbocycles. The van der Waals surface area contributed by atoms with E-state index >= 15 is 0 Å². The van der Waals surface area contributed by atoms with E-state index in [4.69, 9.17) is 0 Å². The van der Waals surface area contributed by atoms with Gasteiger partial charge in [-0.2, -0.15) is 0 Å². The van der Waals surface area contributed by atoms with Gasteiger partial charge in [-0.15, -0.1) is 0 Å². The summed E-state index contributed by atoms with van der Waals surface area (Å²) in [7, 11) is 0. The maximum absolute atomic E-state index is 11.1. The minimum atomic E-state index is 0. The van der Waals surface area contributed by atoms with Crippen molar-refractivity contribution in [3.63, 3.8) is 0 Å². The molecular formula is C10H13KNO+. The van der Waals surface area contributed by atoms with E-state index in [-0.39, 0.29) is 57.3 Å². The molecule has 0 atom stereocenters. The van der Waals surface area contributed by atoms with E-state index in [2.05, 4.69) is 5.32 Å². The van der Waals surface area contributed by atoms with Crippen LogP contribution in [0.2, 0.25) is 0 Å². The van der Waals surface area contributed by atoms with Crippen LogP contribution >= 0.6 is 0 Å². The SMILES string of the molecule is CCCC(=O)Nc1ccccc1.[K+]. The quantitative estimate of drug-likeness (QED) is 0.654. The van der Waals surface area contributed by atoms with Crippen LogP contribution in [0, 0.1) is 0 Å². The summed E-state index contributed by atoms with van der Waals surface area (Å²) in [6, 6.07) is 9.50. The number of para-hydroxylation sites is 1. The first-order valence-electron chi connectivity index (χ1n) is 4.18. The molecule has 0 bridgehead atoms. The zero-order chi connectivity index (χ0) is 8.81. The number of benzene rings is 1. The predicted octanol–water partition coefficient (Wildman–Crippen LogP) is -0.571. The van der Waals surface area contributed by atoms with E-state index in [1.807, 2.05) is 37.3 Å². The van der Waals surface area contributed by atoms with Crippen LogP contribution in [-0.2, 0) is 4.79 Å². The Morgan fingerprint density at radius 1 is 1.31 bits per heavy atom. The van der Waals surface area contributed by atoms with Crippen molar-refractivity contribution in [2.24, 2.45) is 0 Å². The van der Waals surface area contributed by atoms with Gasteiger partial charge < -0.3 is 5.32 Å². The van der Waals surface area contributed by atoms with Crippen molar-refractivity contribution in [1.82, 2.24) is 0 Å². The summed E-state index contributed by atoms with van der Waals surface area (Å²) in [6.07, 6.45) is 1.48. The largest absolute Gasteiger partial charge is 1.00 e. The summed E-state index contributed by atoms with van der Waals surface area (Å²) in [5.41, 5.74) is 0.871. The van der Waals surface area contributed by atoms with Crippen LogP contribution < -0.4 is 56.7 Å². The Labute approximate surface area is 122 Å². The Hall–Kier alpha value is 0.326. The summed E-state index contributed by atoms with van der Waals surface area (Å²) in [6.45, 7) is 1.99. The smallest absolute Gasteiger partial charge is 0.326 e. The van der Waals surface area contributed by atoms with Crippen LogP contribution in [0.15, 0.2) is 30.3 Å². The zero-order valence-electron chi connectivity index (χ0n) is 8.21. The van der Waals surface area contributed by atoms with Gasteiger partial charge in [-0.25, -0.2) is 0 Å². The molecule has 1 aromatic carbocycles. The Kier molecular flexibility index (Phi) is 7.90. The van der Waals surface area contributed by atoms with E-state index in [0.29, 0.717) is 6.42 Å². The Balaban J connectivity index is 0.00000144. The number of carbonyl (C=O) groups excluding carboxylic acids is 1. The van der Waals surface area contributed by atoms with Crippen LogP contribution in [0.5, 0.6) is 0 Å². The van der Waals surface area contributed by atoms with E-state index in [0.717, 1.165) is 12.1 Å². The fourth-order valence-electron chi connectivity index (χ4n) is 0.972. The molecule has 0 aliphatic rings. The van der Waals surface area contributed by atoms with Gasteiger partial charge >= 0.3 is 51.4 Å². The van der Waals surface area contributed by atoms with Gasteiger partial charge in [-0.1, -0.05) is 25.1 Å². The first-order valence-corrected chi connectivity index (χ1v) is 4.18. The molecule has 3 heteroatoms. The number of anilines is 1. The van der Waals surface area contributed by atoms with Gasteiger partial charge in [0.2, 0.25) is 5.91 Å². The summed E-state index contributed by atoms with van der Waals surface area (Å²) >= 11 is 0. The normalized spacial score (nSPS) is 8.69. The number of hydrogen-bond acceptors (Lipinski definition) is 1. The van der Waals surface area contributed by atoms with Crippen LogP contribution in [-0.4, -0.2) is 5.91 Å². The van der Waals surface area contributed by atoms with Crippen molar-refractivity contribution < 1.29 is 56.2 Å². The van der Waals surface area contributed by atoms with Crippen molar-refractivity contribution >= 4 is 11.6 Å². The maximum atomic E-state index is 11.1. The van der Waals surface area contributed by atoms with E-state index < -0.39 is 0 Å². The van der Waals surface area contributed by atoms with Gasteiger partial charge in [0.25, 0.3) is 0 Å². The number of amides is 1. The van der Waals surface area contributed by atoms with Crippen molar-refractivity contribution in [1.29, 1.82) is 0 Å². The third-order valence-corrected chi connectivity index (χ3v) is 1.53. The van der Waals surface area contributed by atoms with Crippen LogP contribution in [0.25, 0.3) is 0 Å². The molecule has 0 radical (unpaired) electrons. The molecule has 0 aromatic heterocycles. The Morgan fingerprint density at radius 3 is 2.46 bits per heavy atom. The second kappa shape index (κ2) is 7.70. The van der Waals surface area contributed by atoms with Crippen molar-refractivity contribution in [2.45, 2.75) is 19.8 Å². The standard InChI is InChI=1S/C10H13NO.K/c1-2-6-10(12)11-9-7-4-3-5-8-9;/h3-5,7-8H,2,6H2,1H3,(H,11,12);/q;+1. The molecule has 1 rings (SSSR count). The molecule has 0 fully saturated rings. The van der Waals surface area contributed by atoms with Gasteiger partial charge in [0.15, 0.2) is 0 Å². The number of rotatable bonds is 3. The first-order chi connectivity index (χ1) is 5.83. The maximum Gasteiger partial charge on any atom is 1.00 e. The zero-order valence-corrected chi connectivity index (χ0v) is 11.3. The molecule has 1 aromatic rings. The molecule has 0 unspecified atom stereocenters. The summed E-state index contributed by atoms with van der Waals surface area (Å²) < 4.78 is 0. The fourth-order valence-corrected chi connectivity index (χ4v) is 0.972. The first kappa shape index (κ1) is 13.3. The van der Waals surface area contributed by atoms with E-state index in [1.165, 1.54) is 0 Å². The predicted molar refractivity (Wildman–Crippen MR) is 50.0 cm³/mol. The van der Waals surface area contributed by atoms with E-state index in [9.17, 15) is 4.79 Å². The summed E-state index contributed by atoms with van der Waals surface area (Å²) in [5.74, 6) is 0.0868. The summed E-state index contributed by atoms with van der Waals surface area (Å²) in [5, 5.41) is 2.80. The minimum Gasteiger partial charge on any atom is -0.326 e. The fraction of sp³-hybridized carbons (Fsp3) is 0.300. The van der Waals surface area contributed by atoms with Gasteiger partial charge in [0.1, 0.15) is 0 Å². The van der Waals surface area contributed by atoms with Crippen molar-refractivity contribution in [2.75, 3.05) is 5.32 Å². The van der Waals surface area contributed by atoms with E-state index in [1.54, 1.807) is 0 Å². The Bertz CT molecular complexity index is 248. The molecule has 1 amide bonds. The third-order valence-electron chi connectivity index (χ3n) is 1.53. The molecule has 0 saturated carbocycles. The van der Waals surface area contributed by atoms with Crippen molar-refractivity contribution in [3.05, 3.63) is 30.3 Å². The molecule has 2 nitrogen and oxygen atoms in total. The van der Waals surface area contributed by atoms with Crippen LogP contribution in [0.3, 0.4) is 0 Å². The molecule has 0 spiro atoms. The third kappa shape index (κ3) is 5.60. The number of carbonyl (C=O) groups is 1. The second-order valence-electron chi connectivity index (χ2n) is 2.66. The number of hydrogen-bond donors (Lipinski definition) is 1. The second-order valence-corrected chi connectivity index (χ2v) is 2.66. The average Bonchev–Trinajstić information content (AvgIpc) is 2.06. The van der Waals surface area contributed by atoms with Crippen LogP contribution in [0.4, 0.5) is 5.69 Å². The number of nitrogens with one attached hydrogen (secondary N) is 1. The monoisotopic (exact) mass is 202 g/mol. The minimum absolute atomic E-state index is 0. The summed E-state index contributed by atoms with van der Waals surface area (Å²) in [4.78, 5) is 11.1. The molecular weight excluding hydrogens is 189 g/mol. The van der Waals surface area contributed by atoms with Crippen molar-refractivity contribution in [3.8, 4) is 0 Å².